The van der Waals surface area contributed by atoms with Gasteiger partial charge < -0.3 is 14.6 Å². The van der Waals surface area contributed by atoms with Gasteiger partial charge in [-0.1, -0.05) is 60.7 Å². The average molecular weight is 300 g/mol. The fourth-order valence-electron chi connectivity index (χ4n) is 2.07. The van der Waals surface area contributed by atoms with Crippen molar-refractivity contribution in [2.75, 3.05) is 13.4 Å². The summed E-state index contributed by atoms with van der Waals surface area (Å²) >= 11 is 0. The molecule has 2 aromatic carbocycles. The Morgan fingerprint density at radius 1 is 0.955 bits per heavy atom. The van der Waals surface area contributed by atoms with Crippen LogP contribution in [-0.4, -0.2) is 30.6 Å². The fraction of sp³-hybridized carbons (Fsp3) is 0.278. The van der Waals surface area contributed by atoms with Crippen LogP contribution in [0.4, 0.5) is 0 Å². The summed E-state index contributed by atoms with van der Waals surface area (Å²) in [5.74, 6) is -0.976. The largest absolute Gasteiger partial charge is 0.479 e. The van der Waals surface area contributed by atoms with E-state index in [1.165, 1.54) is 5.56 Å². The molecule has 1 atom stereocenters. The van der Waals surface area contributed by atoms with Crippen LogP contribution in [0.25, 0.3) is 0 Å². The van der Waals surface area contributed by atoms with Crippen molar-refractivity contribution in [2.45, 2.75) is 18.9 Å². The molecular formula is C18H20O4. The van der Waals surface area contributed by atoms with Crippen LogP contribution in [0.5, 0.6) is 0 Å². The molecule has 0 spiro atoms. The predicted octanol–water partition coefficient (Wildman–Crippen LogP) is 2.92. The van der Waals surface area contributed by atoms with Crippen LogP contribution in [0, 0.1) is 0 Å². The topological polar surface area (TPSA) is 55.8 Å². The summed E-state index contributed by atoms with van der Waals surface area (Å²) in [6.07, 6.45) is 0.220. The Kier molecular flexibility index (Phi) is 6.61. The smallest absolute Gasteiger partial charge is 0.333 e. The number of hydrogen-bond acceptors (Lipinski definition) is 3. The first kappa shape index (κ1) is 16.2. The number of benzene rings is 2. The van der Waals surface area contributed by atoms with Crippen LogP contribution >= 0.6 is 0 Å². The van der Waals surface area contributed by atoms with Gasteiger partial charge in [0.15, 0.2) is 6.10 Å². The Morgan fingerprint density at radius 3 is 2.14 bits per heavy atom. The van der Waals surface area contributed by atoms with Crippen molar-refractivity contribution in [3.8, 4) is 0 Å². The molecule has 1 unspecified atom stereocenters. The molecule has 0 aromatic heterocycles. The van der Waals surface area contributed by atoms with E-state index in [9.17, 15) is 9.90 Å². The highest BCUT2D eigenvalue weighted by Gasteiger charge is 2.18. The van der Waals surface area contributed by atoms with Crippen LogP contribution in [0.1, 0.15) is 11.1 Å². The fourth-order valence-corrected chi connectivity index (χ4v) is 2.07. The number of carboxylic acid groups (broad SMARTS) is 1. The molecule has 1 N–H and O–H groups in total. The van der Waals surface area contributed by atoms with Crippen molar-refractivity contribution in [1.29, 1.82) is 0 Å². The van der Waals surface area contributed by atoms with Gasteiger partial charge in [-0.15, -0.1) is 0 Å². The molecule has 4 nitrogen and oxygen atoms in total. The van der Waals surface area contributed by atoms with E-state index in [0.29, 0.717) is 13.0 Å². The Bertz CT molecular complexity index is 554. The highest BCUT2D eigenvalue weighted by atomic mass is 16.7. The van der Waals surface area contributed by atoms with Crippen molar-refractivity contribution in [3.63, 3.8) is 0 Å². The van der Waals surface area contributed by atoms with E-state index < -0.39 is 12.1 Å². The first-order valence-corrected chi connectivity index (χ1v) is 7.25. The third-order valence-electron chi connectivity index (χ3n) is 3.27. The number of carboxylic acids is 1. The van der Waals surface area contributed by atoms with Crippen molar-refractivity contribution < 1.29 is 19.4 Å². The minimum absolute atomic E-state index is 0.0172. The van der Waals surface area contributed by atoms with E-state index in [0.717, 1.165) is 12.0 Å². The van der Waals surface area contributed by atoms with E-state index in [4.69, 9.17) is 9.47 Å². The van der Waals surface area contributed by atoms with Crippen molar-refractivity contribution in [1.82, 2.24) is 0 Å². The van der Waals surface area contributed by atoms with Crippen LogP contribution in [-0.2, 0) is 27.1 Å². The molecule has 4 heteroatoms. The van der Waals surface area contributed by atoms with Gasteiger partial charge in [0, 0.05) is 6.42 Å². The second-order valence-electron chi connectivity index (χ2n) is 4.94. The second kappa shape index (κ2) is 8.97. The lowest BCUT2D eigenvalue weighted by atomic mass is 10.1. The molecule has 0 saturated heterocycles. The summed E-state index contributed by atoms with van der Waals surface area (Å²) in [6, 6.07) is 19.4. The summed E-state index contributed by atoms with van der Waals surface area (Å²) in [5, 5.41) is 9.19. The number of rotatable bonds is 9. The average Bonchev–Trinajstić information content (AvgIpc) is 2.55. The molecule has 22 heavy (non-hydrogen) atoms. The molecule has 0 fully saturated rings. The SMILES string of the molecule is O=C(O)C(Cc1ccccc1)OCOCCc1ccccc1. The zero-order valence-electron chi connectivity index (χ0n) is 12.4. The summed E-state index contributed by atoms with van der Waals surface area (Å²) in [6.45, 7) is 0.484. The van der Waals surface area contributed by atoms with Crippen LogP contribution in [0.3, 0.4) is 0 Å². The normalized spacial score (nSPS) is 12.0. The van der Waals surface area contributed by atoms with E-state index in [2.05, 4.69) is 0 Å². The lowest BCUT2D eigenvalue weighted by Gasteiger charge is -2.14. The Balaban J connectivity index is 1.70. The maximum atomic E-state index is 11.2. The lowest BCUT2D eigenvalue weighted by molar-refractivity contribution is -0.160. The first-order chi connectivity index (χ1) is 10.8. The van der Waals surface area contributed by atoms with E-state index in [1.54, 1.807) is 0 Å². The molecule has 116 valence electrons. The van der Waals surface area contributed by atoms with Gasteiger partial charge in [0.1, 0.15) is 6.79 Å². The molecule has 0 aliphatic heterocycles. The van der Waals surface area contributed by atoms with Gasteiger partial charge in [0.05, 0.1) is 6.61 Å². The highest BCUT2D eigenvalue weighted by Crippen LogP contribution is 2.07. The predicted molar refractivity (Wildman–Crippen MR) is 83.6 cm³/mol. The molecule has 0 bridgehead atoms. The molecular weight excluding hydrogens is 280 g/mol. The molecule has 0 saturated carbocycles. The monoisotopic (exact) mass is 300 g/mol. The number of carbonyl (C=O) groups is 1. The number of hydrogen-bond donors (Lipinski definition) is 1. The minimum Gasteiger partial charge on any atom is -0.479 e. The van der Waals surface area contributed by atoms with E-state index in [1.807, 2.05) is 60.7 Å². The van der Waals surface area contributed by atoms with Gasteiger partial charge in [-0.05, 0) is 17.5 Å². The van der Waals surface area contributed by atoms with Crippen molar-refractivity contribution >= 4 is 5.97 Å². The van der Waals surface area contributed by atoms with Gasteiger partial charge >= 0.3 is 5.97 Å². The van der Waals surface area contributed by atoms with E-state index in [-0.39, 0.29) is 6.79 Å². The maximum Gasteiger partial charge on any atom is 0.333 e. The summed E-state index contributed by atoms with van der Waals surface area (Å²) < 4.78 is 10.7. The first-order valence-electron chi connectivity index (χ1n) is 7.25. The Morgan fingerprint density at radius 2 is 1.55 bits per heavy atom. The zero-order chi connectivity index (χ0) is 15.6. The van der Waals surface area contributed by atoms with Gasteiger partial charge in [0.2, 0.25) is 0 Å². The Hall–Kier alpha value is -2.17. The zero-order valence-corrected chi connectivity index (χ0v) is 12.4. The van der Waals surface area contributed by atoms with Gasteiger partial charge in [-0.2, -0.15) is 0 Å². The van der Waals surface area contributed by atoms with Crippen LogP contribution in [0.15, 0.2) is 60.7 Å². The van der Waals surface area contributed by atoms with E-state index >= 15 is 0 Å². The Labute approximate surface area is 130 Å². The summed E-state index contributed by atoms with van der Waals surface area (Å²) in [4.78, 5) is 11.2. The molecule has 0 amide bonds. The highest BCUT2D eigenvalue weighted by molar-refractivity contribution is 5.72. The third-order valence-corrected chi connectivity index (χ3v) is 3.27. The molecule has 0 aliphatic carbocycles. The van der Waals surface area contributed by atoms with Crippen molar-refractivity contribution in [3.05, 3.63) is 71.8 Å². The second-order valence-corrected chi connectivity index (χ2v) is 4.94. The molecule has 2 aromatic rings. The molecule has 2 rings (SSSR count). The van der Waals surface area contributed by atoms with Crippen LogP contribution in [0.2, 0.25) is 0 Å². The lowest BCUT2D eigenvalue weighted by Crippen LogP contribution is -2.27. The van der Waals surface area contributed by atoms with Gasteiger partial charge in [-0.25, -0.2) is 4.79 Å². The minimum atomic E-state index is -0.976. The van der Waals surface area contributed by atoms with Crippen LogP contribution < -0.4 is 0 Å². The standard InChI is InChI=1S/C18H20O4/c19-18(20)17(13-16-9-5-2-6-10-16)22-14-21-12-11-15-7-3-1-4-8-15/h1-10,17H,11-14H2,(H,19,20). The summed E-state index contributed by atoms with van der Waals surface area (Å²) in [5.41, 5.74) is 2.11. The number of ether oxygens (including phenoxy) is 2. The maximum absolute atomic E-state index is 11.2. The quantitative estimate of drug-likeness (QED) is 0.571. The third kappa shape index (κ3) is 5.68. The molecule has 0 heterocycles. The molecule has 0 aliphatic rings. The molecule has 0 radical (unpaired) electrons. The van der Waals surface area contributed by atoms with Gasteiger partial charge in [0.25, 0.3) is 0 Å². The number of aliphatic carboxylic acids is 1. The van der Waals surface area contributed by atoms with Crippen molar-refractivity contribution in [2.24, 2.45) is 0 Å². The van der Waals surface area contributed by atoms with Gasteiger partial charge in [-0.3, -0.25) is 0 Å². The summed E-state index contributed by atoms with van der Waals surface area (Å²) in [7, 11) is 0.